The topological polar surface area (TPSA) is 105 Å². The number of fused-ring (bicyclic) bond motifs is 1. The van der Waals surface area contributed by atoms with E-state index < -0.39 is 11.8 Å². The number of esters is 1. The van der Waals surface area contributed by atoms with Crippen LogP contribution in [0.2, 0.25) is 0 Å². The largest absolute Gasteiger partial charge is 0.508 e. The molecule has 3 rings (SSSR count). The highest BCUT2D eigenvalue weighted by Crippen LogP contribution is 2.49. The van der Waals surface area contributed by atoms with Gasteiger partial charge in [-0.05, 0) is 30.7 Å². The number of ether oxygens (including phenoxy) is 3. The molecule has 7 heteroatoms. The van der Waals surface area contributed by atoms with Crippen molar-refractivity contribution in [1.29, 1.82) is 0 Å². The number of benzene rings is 2. The molecule has 0 spiro atoms. The zero-order valence-corrected chi connectivity index (χ0v) is 13.3. The van der Waals surface area contributed by atoms with E-state index in [0.29, 0.717) is 5.56 Å². The maximum atomic E-state index is 12.2. The molecule has 0 unspecified atom stereocenters. The van der Waals surface area contributed by atoms with Gasteiger partial charge >= 0.3 is 5.97 Å². The molecule has 1 atom stereocenters. The summed E-state index contributed by atoms with van der Waals surface area (Å²) in [6.45, 7) is 1.73. The molecule has 1 heterocycles. The Morgan fingerprint density at radius 3 is 2.29 bits per heavy atom. The van der Waals surface area contributed by atoms with Crippen molar-refractivity contribution in [1.82, 2.24) is 0 Å². The first-order valence-electron chi connectivity index (χ1n) is 7.07. The average Bonchev–Trinajstić information content (AvgIpc) is 2.80. The first kappa shape index (κ1) is 15.9. The summed E-state index contributed by atoms with van der Waals surface area (Å²) in [6.07, 6.45) is 0. The predicted octanol–water partition coefficient (Wildman–Crippen LogP) is 1.79. The summed E-state index contributed by atoms with van der Waals surface area (Å²) in [4.78, 5) is 12.2. The van der Waals surface area contributed by atoms with Gasteiger partial charge in [-0.25, -0.2) is 4.79 Å². The van der Waals surface area contributed by atoms with Crippen molar-refractivity contribution in [3.8, 4) is 23.0 Å². The van der Waals surface area contributed by atoms with Gasteiger partial charge in [0.15, 0.2) is 11.5 Å². The molecule has 0 radical (unpaired) electrons. The summed E-state index contributed by atoms with van der Waals surface area (Å²) < 4.78 is 15.3. The minimum atomic E-state index is -2.28. The van der Waals surface area contributed by atoms with Crippen molar-refractivity contribution < 1.29 is 34.3 Å². The van der Waals surface area contributed by atoms with E-state index in [-0.39, 0.29) is 39.7 Å². The molecule has 7 nitrogen and oxygen atoms in total. The minimum Gasteiger partial charge on any atom is -0.508 e. The van der Waals surface area contributed by atoms with Crippen LogP contribution in [0.25, 0.3) is 0 Å². The quantitative estimate of drug-likeness (QED) is 0.736. The van der Waals surface area contributed by atoms with Crippen LogP contribution in [0, 0.1) is 6.92 Å². The molecule has 3 N–H and O–H groups in total. The fraction of sp³-hybridized carbons (Fsp3) is 0.235. The van der Waals surface area contributed by atoms with E-state index in [4.69, 9.17) is 14.2 Å². The van der Waals surface area contributed by atoms with Gasteiger partial charge in [0.1, 0.15) is 17.1 Å². The highest BCUT2D eigenvalue weighted by Gasteiger charge is 2.50. The minimum absolute atomic E-state index is 0.0160. The van der Waals surface area contributed by atoms with Crippen molar-refractivity contribution in [3.63, 3.8) is 0 Å². The van der Waals surface area contributed by atoms with Gasteiger partial charge < -0.3 is 29.5 Å². The summed E-state index contributed by atoms with van der Waals surface area (Å²) in [5.74, 6) is -3.51. The van der Waals surface area contributed by atoms with Crippen LogP contribution in [0.15, 0.2) is 24.3 Å². The number of aromatic hydroxyl groups is 2. The summed E-state index contributed by atoms with van der Waals surface area (Å²) in [5, 5.41) is 31.3. The van der Waals surface area contributed by atoms with E-state index in [2.05, 4.69) is 0 Å². The van der Waals surface area contributed by atoms with Crippen LogP contribution in [-0.4, -0.2) is 35.5 Å². The second-order valence-electron chi connectivity index (χ2n) is 5.47. The van der Waals surface area contributed by atoms with Crippen LogP contribution in [-0.2, 0) is 10.5 Å². The molecule has 0 aromatic heterocycles. The second kappa shape index (κ2) is 5.31. The Bertz CT molecular complexity index is 843. The standard InChI is InChI=1S/C17H16O7/c1-8-4-11(15(19)13(5-8)23-3)17(21)10-6-9(18)7-12(22-2)14(10)16(20)24-17/h4-7,18-19,21H,1-3H3/t17-/m0/s1. The van der Waals surface area contributed by atoms with Gasteiger partial charge in [0.05, 0.1) is 25.3 Å². The van der Waals surface area contributed by atoms with Gasteiger partial charge in [0, 0.05) is 6.07 Å². The van der Waals surface area contributed by atoms with Crippen LogP contribution in [0.3, 0.4) is 0 Å². The van der Waals surface area contributed by atoms with Crippen LogP contribution >= 0.6 is 0 Å². The Morgan fingerprint density at radius 1 is 1.00 bits per heavy atom. The first-order chi connectivity index (χ1) is 11.3. The molecule has 0 saturated heterocycles. The molecule has 0 fully saturated rings. The molecular formula is C17H16O7. The molecular weight excluding hydrogens is 316 g/mol. The number of phenols is 2. The van der Waals surface area contributed by atoms with Gasteiger partial charge in [0.25, 0.3) is 5.79 Å². The van der Waals surface area contributed by atoms with Gasteiger partial charge in [-0.2, -0.15) is 0 Å². The summed E-state index contributed by atoms with van der Waals surface area (Å²) in [5.41, 5.74) is 0.564. The average molecular weight is 332 g/mol. The van der Waals surface area contributed by atoms with E-state index in [9.17, 15) is 20.1 Å². The lowest BCUT2D eigenvalue weighted by molar-refractivity contribution is -0.130. The van der Waals surface area contributed by atoms with Gasteiger partial charge in [-0.3, -0.25) is 0 Å². The van der Waals surface area contributed by atoms with Crippen LogP contribution < -0.4 is 9.47 Å². The van der Waals surface area contributed by atoms with Crippen molar-refractivity contribution >= 4 is 5.97 Å². The number of rotatable bonds is 3. The van der Waals surface area contributed by atoms with E-state index in [0.717, 1.165) is 0 Å². The molecule has 126 valence electrons. The molecule has 24 heavy (non-hydrogen) atoms. The van der Waals surface area contributed by atoms with E-state index in [1.54, 1.807) is 13.0 Å². The van der Waals surface area contributed by atoms with Gasteiger partial charge in [0.2, 0.25) is 0 Å². The summed E-state index contributed by atoms with van der Waals surface area (Å²) in [7, 11) is 2.69. The number of carbonyl (C=O) groups excluding carboxylic acids is 1. The molecule has 0 saturated carbocycles. The summed E-state index contributed by atoms with van der Waals surface area (Å²) >= 11 is 0. The Kier molecular flexibility index (Phi) is 3.53. The Hall–Kier alpha value is -2.93. The number of hydrogen-bond donors (Lipinski definition) is 3. The summed E-state index contributed by atoms with van der Waals surface area (Å²) in [6, 6.07) is 5.47. The number of methoxy groups -OCH3 is 2. The smallest absolute Gasteiger partial charge is 0.345 e. The van der Waals surface area contributed by atoms with Crippen LogP contribution in [0.4, 0.5) is 0 Å². The Labute approximate surface area is 137 Å². The lowest BCUT2D eigenvalue weighted by Crippen LogP contribution is -2.27. The molecule has 2 aromatic carbocycles. The molecule has 0 bridgehead atoms. The van der Waals surface area contributed by atoms with Crippen molar-refractivity contribution in [3.05, 3.63) is 46.5 Å². The Morgan fingerprint density at radius 2 is 1.67 bits per heavy atom. The highest BCUT2D eigenvalue weighted by molar-refractivity contribution is 5.98. The second-order valence-corrected chi connectivity index (χ2v) is 5.47. The third-order valence-corrected chi connectivity index (χ3v) is 3.92. The van der Waals surface area contributed by atoms with E-state index >= 15 is 0 Å². The molecule has 1 aliphatic heterocycles. The van der Waals surface area contributed by atoms with E-state index in [1.165, 1.54) is 32.4 Å². The van der Waals surface area contributed by atoms with E-state index in [1.807, 2.05) is 0 Å². The van der Waals surface area contributed by atoms with Gasteiger partial charge in [-0.15, -0.1) is 0 Å². The predicted molar refractivity (Wildman–Crippen MR) is 82.5 cm³/mol. The zero-order valence-electron chi connectivity index (χ0n) is 13.3. The lowest BCUT2D eigenvalue weighted by atomic mass is 9.93. The number of aryl methyl sites for hydroxylation is 1. The fourth-order valence-electron chi connectivity index (χ4n) is 2.84. The number of phenolic OH excluding ortho intramolecular Hbond substituents is 2. The highest BCUT2D eigenvalue weighted by atomic mass is 16.7. The number of aliphatic hydroxyl groups is 1. The van der Waals surface area contributed by atoms with Gasteiger partial charge in [-0.1, -0.05) is 0 Å². The lowest BCUT2D eigenvalue weighted by Gasteiger charge is -2.25. The SMILES string of the molecule is COc1cc(C)cc([C@@]2(O)OC(=O)c3c(OC)cc(O)cc32)c1O. The third kappa shape index (κ3) is 2.13. The van der Waals surface area contributed by atoms with Crippen molar-refractivity contribution in [2.75, 3.05) is 14.2 Å². The maximum Gasteiger partial charge on any atom is 0.345 e. The van der Waals surface area contributed by atoms with Crippen molar-refractivity contribution in [2.45, 2.75) is 12.7 Å². The molecule has 2 aromatic rings. The Balaban J connectivity index is 2.31. The number of hydrogen-bond acceptors (Lipinski definition) is 7. The number of cyclic esters (lactones) is 1. The molecule has 1 aliphatic rings. The molecule has 0 amide bonds. The fourth-order valence-corrected chi connectivity index (χ4v) is 2.84. The third-order valence-electron chi connectivity index (χ3n) is 3.92. The van der Waals surface area contributed by atoms with Crippen LogP contribution in [0.5, 0.6) is 23.0 Å². The van der Waals surface area contributed by atoms with Crippen molar-refractivity contribution in [2.24, 2.45) is 0 Å². The zero-order chi connectivity index (χ0) is 17.6. The van der Waals surface area contributed by atoms with Crippen LogP contribution in [0.1, 0.15) is 27.0 Å². The molecule has 0 aliphatic carbocycles. The maximum absolute atomic E-state index is 12.2. The normalized spacial score (nSPS) is 18.9. The monoisotopic (exact) mass is 332 g/mol. The first-order valence-corrected chi connectivity index (χ1v) is 7.07. The number of carbonyl (C=O) groups is 1.